The molecular weight excluding hydrogens is 484 g/mol. The molecule has 9 heteroatoms. The zero-order valence-corrected chi connectivity index (χ0v) is 22.0. The van der Waals surface area contributed by atoms with E-state index in [0.717, 1.165) is 91.6 Å². The van der Waals surface area contributed by atoms with E-state index >= 15 is 0 Å². The Bertz CT molecular complexity index is 911. The SMILES string of the molecule is C.CO.O=C([C@@H]1CCCN1)N1CC2CC1CO2.O=C([C@@H]1CCCN1Cc1ccccc1)N1CC2CC1CO2. The van der Waals surface area contributed by atoms with Crippen molar-refractivity contribution in [2.24, 2.45) is 0 Å². The average molecular weight is 531 g/mol. The summed E-state index contributed by atoms with van der Waals surface area (Å²) >= 11 is 0. The van der Waals surface area contributed by atoms with Crippen LogP contribution in [0.2, 0.25) is 0 Å². The van der Waals surface area contributed by atoms with Gasteiger partial charge in [-0.15, -0.1) is 0 Å². The molecule has 0 aliphatic carbocycles. The van der Waals surface area contributed by atoms with Crippen LogP contribution in [-0.4, -0.2) is 114 Å². The minimum Gasteiger partial charge on any atom is -0.400 e. The molecule has 212 valence electrons. The summed E-state index contributed by atoms with van der Waals surface area (Å²) in [4.78, 5) is 31.4. The normalized spacial score (nSPS) is 32.9. The van der Waals surface area contributed by atoms with E-state index < -0.39 is 0 Å². The second kappa shape index (κ2) is 13.3. The topological polar surface area (TPSA) is 94.6 Å². The zero-order chi connectivity index (χ0) is 25.8. The van der Waals surface area contributed by atoms with Crippen LogP contribution in [0.5, 0.6) is 0 Å². The van der Waals surface area contributed by atoms with E-state index in [9.17, 15) is 9.59 Å². The Morgan fingerprint density at radius 1 is 0.921 bits per heavy atom. The molecule has 2 amide bonds. The van der Waals surface area contributed by atoms with Gasteiger partial charge in [0.1, 0.15) is 0 Å². The van der Waals surface area contributed by atoms with Gasteiger partial charge in [0.15, 0.2) is 0 Å². The predicted molar refractivity (Wildman–Crippen MR) is 145 cm³/mol. The van der Waals surface area contributed by atoms with Gasteiger partial charge in [-0.2, -0.15) is 0 Å². The number of hydrogen-bond acceptors (Lipinski definition) is 7. The minimum atomic E-state index is 0. The van der Waals surface area contributed by atoms with Gasteiger partial charge in [-0.05, 0) is 57.2 Å². The molecule has 9 nitrogen and oxygen atoms in total. The van der Waals surface area contributed by atoms with Gasteiger partial charge in [-0.3, -0.25) is 14.5 Å². The molecule has 0 aromatic heterocycles. The van der Waals surface area contributed by atoms with Crippen molar-refractivity contribution >= 4 is 11.8 Å². The summed E-state index contributed by atoms with van der Waals surface area (Å²) in [6, 6.07) is 11.3. The lowest BCUT2D eigenvalue weighted by atomic mass is 10.1. The van der Waals surface area contributed by atoms with Crippen molar-refractivity contribution in [3.05, 3.63) is 35.9 Å². The lowest BCUT2D eigenvalue weighted by molar-refractivity contribution is -0.140. The van der Waals surface area contributed by atoms with Crippen molar-refractivity contribution in [3.63, 3.8) is 0 Å². The Labute approximate surface area is 227 Å². The Hall–Kier alpha value is -2.04. The molecule has 1 aromatic carbocycles. The number of carbonyl (C=O) groups excluding carboxylic acids is 2. The highest BCUT2D eigenvalue weighted by Crippen LogP contribution is 2.31. The van der Waals surface area contributed by atoms with Gasteiger partial charge in [0.05, 0.1) is 49.6 Å². The number of morpholine rings is 2. The van der Waals surface area contributed by atoms with Crippen molar-refractivity contribution in [1.29, 1.82) is 0 Å². The number of ether oxygens (including phenoxy) is 2. The highest BCUT2D eigenvalue weighted by Gasteiger charge is 2.45. The third kappa shape index (κ3) is 6.23. The molecular formula is C29H46N4O5. The quantitative estimate of drug-likeness (QED) is 0.611. The van der Waals surface area contributed by atoms with Crippen LogP contribution in [0.4, 0.5) is 0 Å². The highest BCUT2D eigenvalue weighted by atomic mass is 16.5. The van der Waals surface area contributed by atoms with Crippen LogP contribution >= 0.6 is 0 Å². The first-order valence-electron chi connectivity index (χ1n) is 14.0. The van der Waals surface area contributed by atoms with Crippen LogP contribution in [0.25, 0.3) is 0 Å². The fourth-order valence-electron chi connectivity index (χ4n) is 6.74. The number of nitrogens with one attached hydrogen (secondary N) is 1. The number of fused-ring (bicyclic) bond motifs is 4. The Morgan fingerprint density at radius 3 is 2.08 bits per heavy atom. The molecule has 0 spiro atoms. The van der Waals surface area contributed by atoms with Crippen LogP contribution in [0.15, 0.2) is 30.3 Å². The maximum atomic E-state index is 12.9. The molecule has 6 fully saturated rings. The molecule has 4 bridgehead atoms. The number of hydrogen-bond donors (Lipinski definition) is 2. The van der Waals surface area contributed by atoms with Gasteiger partial charge in [-0.25, -0.2) is 0 Å². The largest absolute Gasteiger partial charge is 0.400 e. The fraction of sp³-hybridized carbons (Fsp3) is 0.724. The van der Waals surface area contributed by atoms with Crippen molar-refractivity contribution in [2.75, 3.05) is 46.5 Å². The maximum absolute atomic E-state index is 12.9. The summed E-state index contributed by atoms with van der Waals surface area (Å²) in [5.74, 6) is 0.637. The van der Waals surface area contributed by atoms with Gasteiger partial charge in [0.25, 0.3) is 0 Å². The van der Waals surface area contributed by atoms with Crippen molar-refractivity contribution < 1.29 is 24.2 Å². The number of aliphatic hydroxyl groups is 1. The van der Waals surface area contributed by atoms with Crippen LogP contribution in [0.1, 0.15) is 51.5 Å². The Kier molecular flexibility index (Phi) is 10.2. The fourth-order valence-corrected chi connectivity index (χ4v) is 6.74. The summed E-state index contributed by atoms with van der Waals surface area (Å²) in [5, 5.41) is 10.3. The first kappa shape index (κ1) is 29.0. The molecule has 6 heterocycles. The van der Waals surface area contributed by atoms with Crippen LogP contribution in [0.3, 0.4) is 0 Å². The number of aliphatic hydroxyl groups excluding tert-OH is 1. The molecule has 0 saturated carbocycles. The molecule has 38 heavy (non-hydrogen) atoms. The van der Waals surface area contributed by atoms with Crippen molar-refractivity contribution in [1.82, 2.24) is 20.0 Å². The van der Waals surface area contributed by atoms with Gasteiger partial charge < -0.3 is 29.7 Å². The van der Waals surface area contributed by atoms with Crippen molar-refractivity contribution in [2.45, 2.75) is 88.9 Å². The first-order chi connectivity index (χ1) is 18.2. The maximum Gasteiger partial charge on any atom is 0.240 e. The summed E-state index contributed by atoms with van der Waals surface area (Å²) in [6.07, 6.45) is 6.98. The summed E-state index contributed by atoms with van der Waals surface area (Å²) in [6.45, 7) is 6.03. The second-order valence-corrected chi connectivity index (χ2v) is 10.9. The molecule has 6 aliphatic rings. The van der Waals surface area contributed by atoms with Crippen LogP contribution < -0.4 is 5.32 Å². The van der Waals surface area contributed by atoms with Gasteiger partial charge >= 0.3 is 0 Å². The summed E-state index contributed by atoms with van der Waals surface area (Å²) < 4.78 is 11.1. The standard InChI is InChI=1S/C17H22N2O2.C10H16N2O2.CH4O.CH4/c20-17(19-11-15-9-14(19)12-21-15)16-7-4-8-18(16)10-13-5-2-1-3-6-13;13-10(9-2-1-3-11-9)12-5-8-4-7(12)6-14-8;1-2;/h1-3,5-6,14-16H,4,7-12H2;7-9,11H,1-6H2;2H,1H3;1H4/t14?,15?,16-;7?,8?,9-;;/m00../s1. The van der Waals surface area contributed by atoms with E-state index in [-0.39, 0.29) is 19.5 Å². The molecule has 0 radical (unpaired) electrons. The second-order valence-electron chi connectivity index (χ2n) is 10.9. The number of benzene rings is 1. The van der Waals surface area contributed by atoms with E-state index in [4.69, 9.17) is 14.6 Å². The molecule has 6 atom stereocenters. The predicted octanol–water partition coefficient (Wildman–Crippen LogP) is 1.63. The van der Waals surface area contributed by atoms with E-state index in [1.165, 1.54) is 5.56 Å². The number of nitrogens with zero attached hydrogens (tertiary/aromatic N) is 3. The van der Waals surface area contributed by atoms with E-state index in [2.05, 4.69) is 39.4 Å². The third-order valence-corrected chi connectivity index (χ3v) is 8.60. The Morgan fingerprint density at radius 2 is 1.55 bits per heavy atom. The summed E-state index contributed by atoms with van der Waals surface area (Å²) in [7, 11) is 1.00. The lowest BCUT2D eigenvalue weighted by Gasteiger charge is -2.32. The minimum absolute atomic E-state index is 0. The van der Waals surface area contributed by atoms with E-state index in [1.807, 2.05) is 11.0 Å². The highest BCUT2D eigenvalue weighted by molar-refractivity contribution is 5.83. The number of amides is 2. The molecule has 2 N–H and O–H groups in total. The smallest absolute Gasteiger partial charge is 0.240 e. The van der Waals surface area contributed by atoms with Gasteiger partial charge in [0.2, 0.25) is 11.8 Å². The zero-order valence-electron chi connectivity index (χ0n) is 22.0. The average Bonchev–Trinajstić information content (AvgIpc) is 3.78. The van der Waals surface area contributed by atoms with E-state index in [1.54, 1.807) is 0 Å². The Balaban J connectivity index is 0.000000173. The monoisotopic (exact) mass is 530 g/mol. The summed E-state index contributed by atoms with van der Waals surface area (Å²) in [5.41, 5.74) is 1.29. The number of likely N-dealkylation sites (tertiary alicyclic amines) is 3. The van der Waals surface area contributed by atoms with Gasteiger partial charge in [0, 0.05) is 26.7 Å². The lowest BCUT2D eigenvalue weighted by Crippen LogP contribution is -2.50. The third-order valence-electron chi connectivity index (χ3n) is 8.60. The number of rotatable bonds is 4. The van der Waals surface area contributed by atoms with Crippen molar-refractivity contribution in [3.8, 4) is 0 Å². The first-order valence-corrected chi connectivity index (χ1v) is 14.0. The molecule has 4 unspecified atom stereocenters. The van der Waals surface area contributed by atoms with Gasteiger partial charge in [-0.1, -0.05) is 37.8 Å². The molecule has 7 rings (SSSR count). The molecule has 6 aliphatic heterocycles. The molecule has 1 aromatic rings. The molecule has 6 saturated heterocycles. The van der Waals surface area contributed by atoms with Crippen LogP contribution in [0, 0.1) is 0 Å². The number of carbonyl (C=O) groups is 2. The van der Waals surface area contributed by atoms with Crippen LogP contribution in [-0.2, 0) is 25.6 Å². The van der Waals surface area contributed by atoms with E-state index in [0.29, 0.717) is 36.1 Å².